The number of fused-ring (bicyclic) bond motifs is 1. The van der Waals surface area contributed by atoms with Crippen LogP contribution in [0.15, 0.2) is 39.2 Å². The molecule has 3 heterocycles. The molecule has 12 nitrogen and oxygen atoms in total. The van der Waals surface area contributed by atoms with Gasteiger partial charge in [0.25, 0.3) is 11.8 Å². The first-order chi connectivity index (χ1) is 13.8. The van der Waals surface area contributed by atoms with Gasteiger partial charge >= 0.3 is 41.6 Å². The van der Waals surface area contributed by atoms with E-state index in [1.807, 2.05) is 0 Å². The maximum absolute atomic E-state index is 12.6. The van der Waals surface area contributed by atoms with Gasteiger partial charge in [-0.15, -0.1) is 11.8 Å². The van der Waals surface area contributed by atoms with Crippen LogP contribution in [0.4, 0.5) is 4.79 Å². The fraction of sp³-hybridized carbons (Fsp3) is 0.312. The predicted octanol–water partition coefficient (Wildman–Crippen LogP) is -1.18. The second-order valence-corrected chi connectivity index (χ2v) is 6.93. The van der Waals surface area contributed by atoms with Gasteiger partial charge in [-0.05, 0) is 12.1 Å². The second kappa shape index (κ2) is 10.0. The standard InChI is InChI=1S/C16H16N4O8S.Na.H/c1-26-19-9(8-3-2-4-27-8)12(21)18-10-13(22)20-11(15(23)24)7(5-28-16(17)25)6-29-14(10)20;;/h2-4,10,14H,5-6H2,1H3,(H2,17,25)(H,18,21)(H,23,24);;/b19-9+;;/t10-,14-;;/m1../s1. The summed E-state index contributed by atoms with van der Waals surface area (Å²) in [6, 6.07) is 2.08. The number of oxime groups is 1. The van der Waals surface area contributed by atoms with Crippen molar-refractivity contribution < 1.29 is 38.3 Å². The van der Waals surface area contributed by atoms with Crippen LogP contribution in [0.25, 0.3) is 0 Å². The molecule has 2 aliphatic heterocycles. The van der Waals surface area contributed by atoms with Crippen molar-refractivity contribution in [1.82, 2.24) is 10.2 Å². The molecule has 1 fully saturated rings. The minimum absolute atomic E-state index is 0. The Labute approximate surface area is 196 Å². The number of carboxylic acids is 1. The molecule has 3 amide bonds. The van der Waals surface area contributed by atoms with E-state index in [-0.39, 0.29) is 64.7 Å². The number of amides is 3. The summed E-state index contributed by atoms with van der Waals surface area (Å²) in [7, 11) is 1.25. The number of primary amides is 1. The van der Waals surface area contributed by atoms with Gasteiger partial charge in [-0.1, -0.05) is 5.16 Å². The molecule has 30 heavy (non-hydrogen) atoms. The Morgan fingerprint density at radius 3 is 2.77 bits per heavy atom. The first-order valence-electron chi connectivity index (χ1n) is 8.13. The van der Waals surface area contributed by atoms with Crippen LogP contribution in [0.3, 0.4) is 0 Å². The molecule has 0 unspecified atom stereocenters. The molecule has 0 spiro atoms. The van der Waals surface area contributed by atoms with E-state index in [0.717, 1.165) is 4.90 Å². The monoisotopic (exact) mass is 448 g/mol. The summed E-state index contributed by atoms with van der Waals surface area (Å²) in [5.41, 5.74) is 4.68. The molecular weight excluding hydrogens is 431 g/mol. The van der Waals surface area contributed by atoms with Crippen LogP contribution in [0.2, 0.25) is 0 Å². The van der Waals surface area contributed by atoms with Crippen LogP contribution in [-0.2, 0) is 24.0 Å². The molecule has 1 aromatic heterocycles. The fourth-order valence-electron chi connectivity index (χ4n) is 2.87. The number of nitrogens with two attached hydrogens (primary N) is 1. The Morgan fingerprint density at radius 2 is 2.20 bits per heavy atom. The molecule has 2 aliphatic rings. The van der Waals surface area contributed by atoms with Crippen molar-refractivity contribution in [3.8, 4) is 0 Å². The number of carbonyl (C=O) groups is 4. The van der Waals surface area contributed by atoms with E-state index in [1.165, 1.54) is 31.2 Å². The number of β-lactam (4-membered cyclic amide) rings is 1. The van der Waals surface area contributed by atoms with Gasteiger partial charge in [0.1, 0.15) is 30.8 Å². The molecule has 156 valence electrons. The van der Waals surface area contributed by atoms with Crippen molar-refractivity contribution in [3.63, 3.8) is 0 Å². The first kappa shape index (κ1) is 23.8. The van der Waals surface area contributed by atoms with Gasteiger partial charge in [-0.2, -0.15) is 0 Å². The number of furan rings is 1. The van der Waals surface area contributed by atoms with E-state index in [2.05, 4.69) is 20.0 Å². The first-order valence-corrected chi connectivity index (χ1v) is 9.18. The average molecular weight is 448 g/mol. The van der Waals surface area contributed by atoms with Gasteiger partial charge in [0, 0.05) is 11.3 Å². The summed E-state index contributed by atoms with van der Waals surface area (Å²) in [5, 5.41) is 15.0. The van der Waals surface area contributed by atoms with E-state index in [0.29, 0.717) is 0 Å². The van der Waals surface area contributed by atoms with E-state index in [4.69, 9.17) is 10.2 Å². The van der Waals surface area contributed by atoms with Gasteiger partial charge in [-0.25, -0.2) is 9.59 Å². The molecule has 4 N–H and O–H groups in total. The van der Waals surface area contributed by atoms with Crippen LogP contribution in [0, 0.1) is 0 Å². The Hall–Kier alpha value is -2.48. The summed E-state index contributed by atoms with van der Waals surface area (Å²) in [6.07, 6.45) is 0.290. The zero-order valence-corrected chi connectivity index (χ0v) is 15.8. The number of rotatable bonds is 7. The number of carboxylic acid groups (broad SMARTS) is 1. The summed E-state index contributed by atoms with van der Waals surface area (Å²) < 4.78 is 9.79. The third-order valence-corrected chi connectivity index (χ3v) is 5.42. The Balaban J connectivity index is 0.00000320. The third-order valence-electron chi connectivity index (χ3n) is 4.08. The number of hydrogen-bond donors (Lipinski definition) is 3. The topological polar surface area (TPSA) is 174 Å². The van der Waals surface area contributed by atoms with Gasteiger partial charge in [0.15, 0.2) is 5.76 Å². The zero-order valence-electron chi connectivity index (χ0n) is 15.0. The number of nitrogens with one attached hydrogen (secondary N) is 1. The predicted molar refractivity (Wildman–Crippen MR) is 105 cm³/mol. The Kier molecular flexibility index (Phi) is 7.95. The van der Waals surface area contributed by atoms with E-state index in [9.17, 15) is 24.3 Å². The zero-order chi connectivity index (χ0) is 21.1. The van der Waals surface area contributed by atoms with Crippen molar-refractivity contribution >= 4 is 70.9 Å². The molecule has 1 saturated heterocycles. The van der Waals surface area contributed by atoms with Crippen LogP contribution in [-0.4, -0.2) is 100 Å². The molecule has 3 rings (SSSR count). The second-order valence-electron chi connectivity index (χ2n) is 5.83. The van der Waals surface area contributed by atoms with Crippen molar-refractivity contribution in [3.05, 3.63) is 35.4 Å². The van der Waals surface area contributed by atoms with Crippen LogP contribution >= 0.6 is 11.8 Å². The summed E-state index contributed by atoms with van der Waals surface area (Å²) in [5.74, 6) is -2.38. The Bertz CT molecular complexity index is 916. The van der Waals surface area contributed by atoms with Gasteiger partial charge < -0.3 is 30.1 Å². The van der Waals surface area contributed by atoms with Gasteiger partial charge in [0.05, 0.1) is 6.26 Å². The summed E-state index contributed by atoms with van der Waals surface area (Å²) in [4.78, 5) is 53.3. The number of aliphatic carboxylic acids is 1. The minimum atomic E-state index is -1.35. The number of nitrogens with zero attached hydrogens (tertiary/aromatic N) is 2. The molecule has 0 aliphatic carbocycles. The molecule has 0 saturated carbocycles. The quantitative estimate of drug-likeness (QED) is 0.201. The molecule has 2 atom stereocenters. The maximum atomic E-state index is 12.6. The van der Waals surface area contributed by atoms with E-state index >= 15 is 0 Å². The number of hydrogen-bond acceptors (Lipinski definition) is 9. The summed E-state index contributed by atoms with van der Waals surface area (Å²) >= 11 is 1.21. The molecule has 0 radical (unpaired) electrons. The normalized spacial score (nSPS) is 20.5. The van der Waals surface area contributed by atoms with E-state index in [1.54, 1.807) is 6.07 Å². The number of ether oxygens (including phenoxy) is 1. The molecule has 0 bridgehead atoms. The average Bonchev–Trinajstić information content (AvgIpc) is 3.21. The van der Waals surface area contributed by atoms with Crippen molar-refractivity contribution in [1.29, 1.82) is 0 Å². The van der Waals surface area contributed by atoms with Crippen molar-refractivity contribution in [2.45, 2.75) is 11.4 Å². The third kappa shape index (κ3) is 4.64. The van der Waals surface area contributed by atoms with Crippen LogP contribution in [0.1, 0.15) is 5.76 Å². The molecule has 1 aromatic rings. The number of thioether (sulfide) groups is 1. The van der Waals surface area contributed by atoms with Crippen LogP contribution in [0.5, 0.6) is 0 Å². The van der Waals surface area contributed by atoms with Gasteiger partial charge in [0.2, 0.25) is 5.71 Å². The van der Waals surface area contributed by atoms with E-state index < -0.39 is 35.3 Å². The Morgan fingerprint density at radius 1 is 1.47 bits per heavy atom. The molecule has 14 heteroatoms. The van der Waals surface area contributed by atoms with Gasteiger partial charge in [-0.3, -0.25) is 14.5 Å². The fourth-order valence-corrected chi connectivity index (χ4v) is 4.19. The number of carbonyl (C=O) groups excluding carboxylic acids is 3. The molecular formula is C16H17N4NaO8S. The summed E-state index contributed by atoms with van der Waals surface area (Å²) in [6.45, 7) is -0.347. The van der Waals surface area contributed by atoms with Crippen molar-refractivity contribution in [2.75, 3.05) is 19.5 Å². The SMILES string of the molecule is CO/N=C(/C(=O)N[C@@H]1C(=O)N2C(C(=O)O)=C(COC(N)=O)CS[C@H]12)c1ccco1.[NaH]. The van der Waals surface area contributed by atoms with Crippen molar-refractivity contribution in [2.24, 2.45) is 10.9 Å². The van der Waals surface area contributed by atoms with Crippen LogP contribution < -0.4 is 11.1 Å². The molecule has 0 aromatic carbocycles.